The van der Waals surface area contributed by atoms with E-state index in [-0.39, 0.29) is 0 Å². The first-order chi connectivity index (χ1) is 7.26. The third-order valence-corrected chi connectivity index (χ3v) is 2.33. The molecule has 15 heavy (non-hydrogen) atoms. The Kier molecular flexibility index (Phi) is 4.84. The average molecular weight is 207 g/mol. The molecule has 3 nitrogen and oxygen atoms in total. The van der Waals surface area contributed by atoms with Crippen LogP contribution in [0.1, 0.15) is 5.56 Å². The van der Waals surface area contributed by atoms with Gasteiger partial charge in [0, 0.05) is 6.54 Å². The summed E-state index contributed by atoms with van der Waals surface area (Å²) in [6, 6.07) is 8.01. The van der Waals surface area contributed by atoms with Crippen molar-refractivity contribution in [3.05, 3.63) is 29.8 Å². The predicted octanol–water partition coefficient (Wildman–Crippen LogP) is 1.37. The highest BCUT2D eigenvalue weighted by molar-refractivity contribution is 5.51. The summed E-state index contributed by atoms with van der Waals surface area (Å²) in [6.45, 7) is 1.39. The van der Waals surface area contributed by atoms with Gasteiger partial charge in [-0.05, 0) is 31.2 Å². The lowest BCUT2D eigenvalue weighted by molar-refractivity contribution is -0.108. The number of aldehydes is 1. The first kappa shape index (κ1) is 11.7. The minimum absolute atomic E-state index is 0.496. The van der Waals surface area contributed by atoms with Crippen molar-refractivity contribution >= 4 is 6.29 Å². The Labute approximate surface area is 90.7 Å². The van der Waals surface area contributed by atoms with E-state index in [0.717, 1.165) is 25.0 Å². The Morgan fingerprint density at radius 1 is 1.33 bits per heavy atom. The number of methoxy groups -OCH3 is 1. The molecule has 0 radical (unpaired) electrons. The summed E-state index contributed by atoms with van der Waals surface area (Å²) in [6.07, 6.45) is 1.88. The fraction of sp³-hybridized carbons (Fsp3) is 0.417. The molecule has 0 N–H and O–H groups in total. The molecule has 0 aromatic heterocycles. The highest BCUT2D eigenvalue weighted by atomic mass is 16.5. The van der Waals surface area contributed by atoms with Crippen molar-refractivity contribution in [2.24, 2.45) is 0 Å². The number of carbonyl (C=O) groups excluding carboxylic acids is 1. The largest absolute Gasteiger partial charge is 0.497 e. The van der Waals surface area contributed by atoms with Crippen molar-refractivity contribution in [1.29, 1.82) is 0 Å². The molecule has 1 rings (SSSR count). The van der Waals surface area contributed by atoms with Gasteiger partial charge >= 0.3 is 0 Å². The lowest BCUT2D eigenvalue weighted by atomic mass is 10.1. The summed E-state index contributed by atoms with van der Waals surface area (Å²) in [5, 5.41) is 0. The molecule has 1 aromatic rings. The van der Waals surface area contributed by atoms with Gasteiger partial charge in [-0.25, -0.2) is 0 Å². The van der Waals surface area contributed by atoms with Crippen molar-refractivity contribution in [3.8, 4) is 5.75 Å². The summed E-state index contributed by atoms with van der Waals surface area (Å²) >= 11 is 0. The Morgan fingerprint density at radius 2 is 2.00 bits per heavy atom. The highest BCUT2D eigenvalue weighted by Gasteiger charge is 1.98. The molecule has 0 aliphatic heterocycles. The molecule has 0 atom stereocenters. The molecular formula is C12H17NO2. The molecule has 0 bridgehead atoms. The van der Waals surface area contributed by atoms with Gasteiger partial charge in [0.15, 0.2) is 0 Å². The maximum atomic E-state index is 10.3. The van der Waals surface area contributed by atoms with Crippen LogP contribution >= 0.6 is 0 Å². The Hall–Kier alpha value is -1.35. The number of benzene rings is 1. The van der Waals surface area contributed by atoms with E-state index in [2.05, 4.69) is 0 Å². The van der Waals surface area contributed by atoms with Gasteiger partial charge < -0.3 is 9.53 Å². The summed E-state index contributed by atoms with van der Waals surface area (Å²) in [5.41, 5.74) is 1.26. The molecular weight excluding hydrogens is 190 g/mol. The number of ether oxygens (including phenoxy) is 1. The van der Waals surface area contributed by atoms with Gasteiger partial charge in [-0.15, -0.1) is 0 Å². The summed E-state index contributed by atoms with van der Waals surface area (Å²) < 4.78 is 5.08. The number of likely N-dealkylation sites (N-methyl/N-ethyl adjacent to an activating group) is 1. The summed E-state index contributed by atoms with van der Waals surface area (Å²) in [4.78, 5) is 12.2. The van der Waals surface area contributed by atoms with Crippen molar-refractivity contribution in [2.45, 2.75) is 6.42 Å². The molecule has 0 aliphatic rings. The van der Waals surface area contributed by atoms with Gasteiger partial charge in [0.05, 0.1) is 13.7 Å². The van der Waals surface area contributed by atoms with Crippen molar-refractivity contribution in [3.63, 3.8) is 0 Å². The average Bonchev–Trinajstić information content (AvgIpc) is 2.27. The second-order valence-corrected chi connectivity index (χ2v) is 3.53. The van der Waals surface area contributed by atoms with Crippen molar-refractivity contribution in [2.75, 3.05) is 27.2 Å². The predicted molar refractivity (Wildman–Crippen MR) is 60.3 cm³/mol. The Bertz CT molecular complexity index is 295. The zero-order valence-electron chi connectivity index (χ0n) is 9.27. The molecule has 0 saturated carbocycles. The summed E-state index contributed by atoms with van der Waals surface area (Å²) in [7, 11) is 3.60. The molecule has 1 aromatic carbocycles. The zero-order chi connectivity index (χ0) is 11.1. The van der Waals surface area contributed by atoms with E-state index in [1.807, 2.05) is 36.2 Å². The van der Waals surface area contributed by atoms with Gasteiger partial charge in [-0.3, -0.25) is 4.90 Å². The number of hydrogen-bond acceptors (Lipinski definition) is 3. The lowest BCUT2D eigenvalue weighted by Crippen LogP contribution is -2.23. The lowest BCUT2D eigenvalue weighted by Gasteiger charge is -2.12. The van der Waals surface area contributed by atoms with E-state index >= 15 is 0 Å². The van der Waals surface area contributed by atoms with E-state index in [9.17, 15) is 4.79 Å². The van der Waals surface area contributed by atoms with Gasteiger partial charge in [0.2, 0.25) is 0 Å². The molecule has 3 heteroatoms. The molecule has 0 amide bonds. The first-order valence-electron chi connectivity index (χ1n) is 5.01. The maximum Gasteiger partial charge on any atom is 0.133 e. The van der Waals surface area contributed by atoms with Crippen LogP contribution in [-0.2, 0) is 11.2 Å². The molecule has 0 aliphatic carbocycles. The topological polar surface area (TPSA) is 29.5 Å². The van der Waals surface area contributed by atoms with Crippen LogP contribution in [0.2, 0.25) is 0 Å². The van der Waals surface area contributed by atoms with Crippen LogP contribution in [0.5, 0.6) is 5.75 Å². The van der Waals surface area contributed by atoms with E-state index in [0.29, 0.717) is 6.54 Å². The van der Waals surface area contributed by atoms with Gasteiger partial charge in [-0.2, -0.15) is 0 Å². The van der Waals surface area contributed by atoms with Crippen LogP contribution in [0.4, 0.5) is 0 Å². The number of nitrogens with zero attached hydrogens (tertiary/aromatic N) is 1. The quantitative estimate of drug-likeness (QED) is 0.660. The molecule has 0 saturated heterocycles. The molecule has 0 fully saturated rings. The molecule has 0 heterocycles. The van der Waals surface area contributed by atoms with Crippen LogP contribution in [0.15, 0.2) is 24.3 Å². The highest BCUT2D eigenvalue weighted by Crippen LogP contribution is 2.11. The van der Waals surface area contributed by atoms with Crippen LogP contribution in [0.25, 0.3) is 0 Å². The first-order valence-corrected chi connectivity index (χ1v) is 5.01. The SMILES string of the molecule is COc1ccc(CCN(C)CC=O)cc1. The zero-order valence-corrected chi connectivity index (χ0v) is 9.27. The second kappa shape index (κ2) is 6.19. The van der Waals surface area contributed by atoms with Crippen LogP contribution in [0, 0.1) is 0 Å². The fourth-order valence-electron chi connectivity index (χ4n) is 1.33. The maximum absolute atomic E-state index is 10.3. The van der Waals surface area contributed by atoms with Crippen LogP contribution in [-0.4, -0.2) is 38.4 Å². The van der Waals surface area contributed by atoms with Gasteiger partial charge in [0.25, 0.3) is 0 Å². The van der Waals surface area contributed by atoms with E-state index in [4.69, 9.17) is 4.74 Å². The second-order valence-electron chi connectivity index (χ2n) is 3.53. The minimum atomic E-state index is 0.496. The van der Waals surface area contributed by atoms with Crippen LogP contribution < -0.4 is 4.74 Å². The van der Waals surface area contributed by atoms with Crippen LogP contribution in [0.3, 0.4) is 0 Å². The van der Waals surface area contributed by atoms with Gasteiger partial charge in [0.1, 0.15) is 12.0 Å². The van der Waals surface area contributed by atoms with E-state index < -0.39 is 0 Å². The smallest absolute Gasteiger partial charge is 0.133 e. The number of rotatable bonds is 6. The van der Waals surface area contributed by atoms with E-state index in [1.54, 1.807) is 7.11 Å². The monoisotopic (exact) mass is 207 g/mol. The fourth-order valence-corrected chi connectivity index (χ4v) is 1.33. The Balaban J connectivity index is 2.40. The third kappa shape index (κ3) is 4.13. The van der Waals surface area contributed by atoms with Crippen molar-refractivity contribution < 1.29 is 9.53 Å². The third-order valence-electron chi connectivity index (χ3n) is 2.33. The molecule has 0 spiro atoms. The number of hydrogen-bond donors (Lipinski definition) is 0. The normalized spacial score (nSPS) is 10.3. The summed E-state index contributed by atoms with van der Waals surface area (Å²) in [5.74, 6) is 0.875. The minimum Gasteiger partial charge on any atom is -0.497 e. The molecule has 0 unspecified atom stereocenters. The molecule has 82 valence electrons. The van der Waals surface area contributed by atoms with E-state index in [1.165, 1.54) is 5.56 Å². The Morgan fingerprint density at radius 3 is 2.53 bits per heavy atom. The number of carbonyl (C=O) groups is 1. The standard InChI is InChI=1S/C12H17NO2/c1-13(9-10-14)8-7-11-3-5-12(15-2)6-4-11/h3-6,10H,7-9H2,1-2H3. The van der Waals surface area contributed by atoms with Crippen molar-refractivity contribution in [1.82, 2.24) is 4.90 Å². The van der Waals surface area contributed by atoms with Gasteiger partial charge in [-0.1, -0.05) is 12.1 Å².